The number of nitrogens with zero attached hydrogens (tertiary/aromatic N) is 4. The molecule has 1 amide bonds. The molecule has 0 spiro atoms. The van der Waals surface area contributed by atoms with E-state index >= 15 is 0 Å². The number of rotatable bonds is 5. The molecule has 152 valence electrons. The van der Waals surface area contributed by atoms with Crippen LogP contribution in [0.25, 0.3) is 10.8 Å². The molecule has 0 atom stereocenters. The third-order valence-corrected chi connectivity index (χ3v) is 6.75. The van der Waals surface area contributed by atoms with Crippen molar-refractivity contribution in [1.82, 2.24) is 19.4 Å². The Balaban J connectivity index is 1.35. The van der Waals surface area contributed by atoms with Gasteiger partial charge in [-0.2, -0.15) is 0 Å². The van der Waals surface area contributed by atoms with Gasteiger partial charge in [-0.25, -0.2) is 4.98 Å². The minimum absolute atomic E-state index is 0.192. The minimum Gasteiger partial charge on any atom is -0.341 e. The second-order valence-corrected chi connectivity index (χ2v) is 8.77. The average Bonchev–Trinajstić information content (AvgIpc) is 2.98. The summed E-state index contributed by atoms with van der Waals surface area (Å²) in [6.45, 7) is 4.27. The number of imidazole rings is 1. The summed E-state index contributed by atoms with van der Waals surface area (Å²) in [5.41, 5.74) is 0. The van der Waals surface area contributed by atoms with Gasteiger partial charge in [0.2, 0.25) is 5.91 Å². The van der Waals surface area contributed by atoms with Crippen LogP contribution in [0.15, 0.2) is 53.7 Å². The van der Waals surface area contributed by atoms with E-state index in [2.05, 4.69) is 26.6 Å². The number of fused-ring (bicyclic) bond motifs is 1. The van der Waals surface area contributed by atoms with Crippen LogP contribution >= 0.6 is 23.4 Å². The third kappa shape index (κ3) is 4.77. The van der Waals surface area contributed by atoms with Crippen molar-refractivity contribution in [2.75, 3.05) is 31.9 Å². The van der Waals surface area contributed by atoms with Gasteiger partial charge < -0.3 is 9.47 Å². The van der Waals surface area contributed by atoms with E-state index in [9.17, 15) is 4.79 Å². The molecule has 5 nitrogen and oxygen atoms in total. The van der Waals surface area contributed by atoms with E-state index in [-0.39, 0.29) is 5.91 Å². The number of hydrogen-bond acceptors (Lipinski definition) is 4. The van der Waals surface area contributed by atoms with Crippen LogP contribution in [0.3, 0.4) is 0 Å². The zero-order chi connectivity index (χ0) is 20.2. The molecule has 29 heavy (non-hydrogen) atoms. The summed E-state index contributed by atoms with van der Waals surface area (Å²) in [5, 5.41) is 2.87. The minimum atomic E-state index is 0.192. The van der Waals surface area contributed by atoms with Crippen molar-refractivity contribution >= 4 is 40.0 Å². The molecule has 3 aromatic rings. The zero-order valence-corrected chi connectivity index (χ0v) is 18.1. The maximum atomic E-state index is 12.9. The van der Waals surface area contributed by atoms with Crippen molar-refractivity contribution in [3.8, 4) is 0 Å². The Bertz CT molecular complexity index is 1000. The lowest BCUT2D eigenvalue weighted by atomic mass is 10.1. The molecule has 0 N–H and O–H groups in total. The van der Waals surface area contributed by atoms with Crippen LogP contribution in [-0.4, -0.2) is 57.2 Å². The molecule has 1 saturated heterocycles. The molecule has 0 saturated carbocycles. The lowest BCUT2D eigenvalue weighted by Crippen LogP contribution is -2.36. The molecule has 0 aliphatic carbocycles. The van der Waals surface area contributed by atoms with E-state index in [1.165, 1.54) is 0 Å². The summed E-state index contributed by atoms with van der Waals surface area (Å²) in [6, 6.07) is 12.0. The van der Waals surface area contributed by atoms with Crippen molar-refractivity contribution in [1.29, 1.82) is 0 Å². The van der Waals surface area contributed by atoms with Crippen LogP contribution in [0.2, 0.25) is 5.02 Å². The van der Waals surface area contributed by atoms with Crippen LogP contribution in [0, 0.1) is 0 Å². The fourth-order valence-corrected chi connectivity index (χ4v) is 5.09. The number of halogens is 1. The summed E-state index contributed by atoms with van der Waals surface area (Å²) >= 11 is 7.99. The van der Waals surface area contributed by atoms with E-state index < -0.39 is 0 Å². The van der Waals surface area contributed by atoms with Gasteiger partial charge in [-0.05, 0) is 23.9 Å². The molecule has 1 aromatic heterocycles. The van der Waals surface area contributed by atoms with Gasteiger partial charge in [0.25, 0.3) is 0 Å². The standard InChI is InChI=1S/C22H25ClN4OS/c1-25-12-9-24-20(25)15-26-10-4-11-27(14-13-26)21(28)16-29-19-8-3-6-17-5-2-7-18(23)22(17)19/h2-3,5-9,12H,4,10-11,13-16H2,1H3. The number of aryl methyl sites for hydroxylation is 1. The second kappa shape index (κ2) is 9.20. The molecule has 0 radical (unpaired) electrons. The normalized spacial score (nSPS) is 15.6. The van der Waals surface area contributed by atoms with Crippen LogP contribution in [0.5, 0.6) is 0 Å². The highest BCUT2D eigenvalue weighted by Gasteiger charge is 2.20. The van der Waals surface area contributed by atoms with Gasteiger partial charge in [0.1, 0.15) is 5.82 Å². The first-order valence-corrected chi connectivity index (χ1v) is 11.2. The van der Waals surface area contributed by atoms with E-state index in [0.717, 1.165) is 65.7 Å². The van der Waals surface area contributed by atoms with Crippen LogP contribution in [0.4, 0.5) is 0 Å². The second-order valence-electron chi connectivity index (χ2n) is 7.35. The first kappa shape index (κ1) is 20.3. The van der Waals surface area contributed by atoms with Gasteiger partial charge in [-0.1, -0.05) is 35.9 Å². The first-order valence-electron chi connectivity index (χ1n) is 9.88. The summed E-state index contributed by atoms with van der Waals surface area (Å²) in [7, 11) is 2.02. The number of carbonyl (C=O) groups excluding carboxylic acids is 1. The van der Waals surface area contributed by atoms with Crippen LogP contribution in [-0.2, 0) is 18.4 Å². The number of carbonyl (C=O) groups is 1. The Morgan fingerprint density at radius 3 is 2.76 bits per heavy atom. The van der Waals surface area contributed by atoms with E-state index in [0.29, 0.717) is 5.75 Å². The number of hydrogen-bond donors (Lipinski definition) is 0. The average molecular weight is 429 g/mol. The quantitative estimate of drug-likeness (QED) is 0.575. The number of benzene rings is 2. The maximum absolute atomic E-state index is 12.9. The molecule has 0 bridgehead atoms. The predicted molar refractivity (Wildman–Crippen MR) is 119 cm³/mol. The van der Waals surface area contributed by atoms with Gasteiger partial charge >= 0.3 is 0 Å². The number of aromatic nitrogens is 2. The zero-order valence-electron chi connectivity index (χ0n) is 16.6. The van der Waals surface area contributed by atoms with Gasteiger partial charge in [-0.3, -0.25) is 9.69 Å². The van der Waals surface area contributed by atoms with Crippen molar-refractivity contribution < 1.29 is 4.79 Å². The Morgan fingerprint density at radius 2 is 1.97 bits per heavy atom. The van der Waals surface area contributed by atoms with Crippen molar-refractivity contribution in [3.05, 3.63) is 59.6 Å². The van der Waals surface area contributed by atoms with E-state index in [1.807, 2.05) is 48.6 Å². The Hall–Kier alpha value is -2.02. The largest absolute Gasteiger partial charge is 0.341 e. The summed E-state index contributed by atoms with van der Waals surface area (Å²) < 4.78 is 2.06. The molecule has 2 heterocycles. The summed E-state index contributed by atoms with van der Waals surface area (Å²) in [4.78, 5) is 22.7. The smallest absolute Gasteiger partial charge is 0.232 e. The van der Waals surface area contributed by atoms with Crippen LogP contribution < -0.4 is 0 Å². The Kier molecular flexibility index (Phi) is 6.43. The Labute approximate surface area is 180 Å². The SMILES string of the molecule is Cn1ccnc1CN1CCCN(C(=O)CSc2cccc3cccc(Cl)c23)CC1. The van der Waals surface area contributed by atoms with Gasteiger partial charge in [-0.15, -0.1) is 11.8 Å². The van der Waals surface area contributed by atoms with Gasteiger partial charge in [0.05, 0.1) is 12.3 Å². The molecule has 0 unspecified atom stereocenters. The fraction of sp³-hybridized carbons (Fsp3) is 0.364. The topological polar surface area (TPSA) is 41.4 Å². The van der Waals surface area contributed by atoms with E-state index in [1.54, 1.807) is 11.8 Å². The van der Waals surface area contributed by atoms with Gasteiger partial charge in [0, 0.05) is 60.9 Å². The molecule has 4 rings (SSSR count). The van der Waals surface area contributed by atoms with Crippen molar-refractivity contribution in [3.63, 3.8) is 0 Å². The molecular formula is C22H25ClN4OS. The Morgan fingerprint density at radius 1 is 1.14 bits per heavy atom. The van der Waals surface area contributed by atoms with Crippen molar-refractivity contribution in [2.45, 2.75) is 17.9 Å². The lowest BCUT2D eigenvalue weighted by molar-refractivity contribution is -0.128. The molecule has 1 fully saturated rings. The maximum Gasteiger partial charge on any atom is 0.232 e. The lowest BCUT2D eigenvalue weighted by Gasteiger charge is -2.22. The van der Waals surface area contributed by atoms with Crippen molar-refractivity contribution in [2.24, 2.45) is 7.05 Å². The molecule has 2 aromatic carbocycles. The molecule has 7 heteroatoms. The fourth-order valence-electron chi connectivity index (χ4n) is 3.74. The summed E-state index contributed by atoms with van der Waals surface area (Å²) in [6.07, 6.45) is 4.79. The highest BCUT2D eigenvalue weighted by atomic mass is 35.5. The molecule has 1 aliphatic rings. The monoisotopic (exact) mass is 428 g/mol. The molecule has 1 aliphatic heterocycles. The molecular weight excluding hydrogens is 404 g/mol. The summed E-state index contributed by atoms with van der Waals surface area (Å²) in [5.74, 6) is 1.69. The van der Waals surface area contributed by atoms with Crippen LogP contribution in [0.1, 0.15) is 12.2 Å². The van der Waals surface area contributed by atoms with E-state index in [4.69, 9.17) is 11.6 Å². The highest BCUT2D eigenvalue weighted by Crippen LogP contribution is 2.33. The highest BCUT2D eigenvalue weighted by molar-refractivity contribution is 8.00. The number of thioether (sulfide) groups is 1. The number of amides is 1. The third-order valence-electron chi connectivity index (χ3n) is 5.39. The first-order chi connectivity index (χ1) is 14.1. The van der Waals surface area contributed by atoms with Gasteiger partial charge in [0.15, 0.2) is 0 Å². The predicted octanol–water partition coefficient (Wildman–Crippen LogP) is 4.05.